The molecule has 1 fully saturated rings. The highest BCUT2D eigenvalue weighted by Gasteiger charge is 2.20. The van der Waals surface area contributed by atoms with E-state index in [-0.39, 0.29) is 5.91 Å². The van der Waals surface area contributed by atoms with E-state index in [4.69, 9.17) is 4.74 Å². The molecular weight excluding hydrogens is 350 g/mol. The van der Waals surface area contributed by atoms with Gasteiger partial charge in [-0.1, -0.05) is 48.0 Å². The maximum absolute atomic E-state index is 12.2. The fraction of sp³-hybridized carbons (Fsp3) is 0.435. The Morgan fingerprint density at radius 3 is 2.46 bits per heavy atom. The summed E-state index contributed by atoms with van der Waals surface area (Å²) in [6, 6.07) is 16.6. The molecule has 0 radical (unpaired) electrons. The van der Waals surface area contributed by atoms with E-state index in [2.05, 4.69) is 46.3 Å². The lowest BCUT2D eigenvalue weighted by molar-refractivity contribution is -0.122. The highest BCUT2D eigenvalue weighted by atomic mass is 16.5. The van der Waals surface area contributed by atoms with Crippen LogP contribution in [0.5, 0.6) is 5.75 Å². The summed E-state index contributed by atoms with van der Waals surface area (Å²) in [6.45, 7) is 7.94. The number of amides is 1. The second-order valence-electron chi connectivity index (χ2n) is 7.45. The summed E-state index contributed by atoms with van der Waals surface area (Å²) in [5.41, 5.74) is 3.74. The standard InChI is InChI=1S/C23H31N3O2/c1-19-8-9-22(28-2)21(16-19)17-25-12-14-26(15-13-25)18-23(27)24-11-10-20-6-4-3-5-7-20/h3-9,16H,10-15,17-18H2,1-2H3,(H,24,27). The monoisotopic (exact) mass is 381 g/mol. The second kappa shape index (κ2) is 10.2. The van der Waals surface area contributed by atoms with Crippen LogP contribution in [0.3, 0.4) is 0 Å². The lowest BCUT2D eigenvalue weighted by Gasteiger charge is -2.34. The van der Waals surface area contributed by atoms with Crippen LogP contribution < -0.4 is 10.1 Å². The fourth-order valence-corrected chi connectivity index (χ4v) is 3.63. The maximum Gasteiger partial charge on any atom is 0.234 e. The number of methoxy groups -OCH3 is 1. The van der Waals surface area contributed by atoms with Crippen LogP contribution in [-0.4, -0.2) is 62.1 Å². The lowest BCUT2D eigenvalue weighted by Crippen LogP contribution is -2.49. The molecule has 3 rings (SSSR count). The molecule has 5 heteroatoms. The van der Waals surface area contributed by atoms with Gasteiger partial charge in [-0.05, 0) is 25.0 Å². The second-order valence-corrected chi connectivity index (χ2v) is 7.45. The van der Waals surface area contributed by atoms with Gasteiger partial charge in [0, 0.05) is 44.8 Å². The molecule has 1 N–H and O–H groups in total. The number of ether oxygens (including phenoxy) is 1. The molecule has 150 valence electrons. The molecule has 0 aromatic heterocycles. The Morgan fingerprint density at radius 2 is 1.75 bits per heavy atom. The zero-order valence-corrected chi connectivity index (χ0v) is 17.0. The zero-order chi connectivity index (χ0) is 19.8. The van der Waals surface area contributed by atoms with Crippen LogP contribution in [0.15, 0.2) is 48.5 Å². The van der Waals surface area contributed by atoms with Crippen molar-refractivity contribution in [1.82, 2.24) is 15.1 Å². The van der Waals surface area contributed by atoms with Crippen molar-refractivity contribution in [3.05, 3.63) is 65.2 Å². The van der Waals surface area contributed by atoms with E-state index < -0.39 is 0 Å². The van der Waals surface area contributed by atoms with Crippen molar-refractivity contribution in [3.8, 4) is 5.75 Å². The molecule has 0 saturated carbocycles. The first-order chi connectivity index (χ1) is 13.6. The van der Waals surface area contributed by atoms with Crippen molar-refractivity contribution in [1.29, 1.82) is 0 Å². The minimum Gasteiger partial charge on any atom is -0.496 e. The number of aryl methyl sites for hydroxylation is 1. The highest BCUT2D eigenvalue weighted by Crippen LogP contribution is 2.22. The summed E-state index contributed by atoms with van der Waals surface area (Å²) in [6.07, 6.45) is 0.874. The minimum absolute atomic E-state index is 0.115. The van der Waals surface area contributed by atoms with Gasteiger partial charge in [0.1, 0.15) is 5.75 Å². The Kier molecular flexibility index (Phi) is 7.46. The van der Waals surface area contributed by atoms with Crippen LogP contribution in [0.2, 0.25) is 0 Å². The average molecular weight is 382 g/mol. The van der Waals surface area contributed by atoms with E-state index in [0.717, 1.165) is 44.9 Å². The van der Waals surface area contributed by atoms with E-state index in [1.807, 2.05) is 24.3 Å². The average Bonchev–Trinajstić information content (AvgIpc) is 2.70. The van der Waals surface area contributed by atoms with Crippen molar-refractivity contribution < 1.29 is 9.53 Å². The summed E-state index contributed by atoms with van der Waals surface area (Å²) in [5.74, 6) is 1.07. The third-order valence-electron chi connectivity index (χ3n) is 5.24. The molecule has 0 unspecified atom stereocenters. The molecule has 1 aliphatic heterocycles. The van der Waals surface area contributed by atoms with Crippen molar-refractivity contribution in [2.45, 2.75) is 19.9 Å². The lowest BCUT2D eigenvalue weighted by atomic mass is 10.1. The molecule has 28 heavy (non-hydrogen) atoms. The first-order valence-corrected chi connectivity index (χ1v) is 10.0. The number of benzene rings is 2. The van der Waals surface area contributed by atoms with Gasteiger partial charge in [0.05, 0.1) is 13.7 Å². The van der Waals surface area contributed by atoms with Gasteiger partial charge in [-0.2, -0.15) is 0 Å². The Morgan fingerprint density at radius 1 is 1.04 bits per heavy atom. The maximum atomic E-state index is 12.2. The van der Waals surface area contributed by atoms with Crippen LogP contribution in [0, 0.1) is 6.92 Å². The Hall–Kier alpha value is -2.37. The van der Waals surface area contributed by atoms with Crippen molar-refractivity contribution >= 4 is 5.91 Å². The van der Waals surface area contributed by atoms with Crippen molar-refractivity contribution in [3.63, 3.8) is 0 Å². The predicted molar refractivity (Wildman–Crippen MR) is 113 cm³/mol. The Balaban J connectivity index is 1.38. The quantitative estimate of drug-likeness (QED) is 0.763. The van der Waals surface area contributed by atoms with Gasteiger partial charge in [0.2, 0.25) is 5.91 Å². The molecule has 2 aromatic rings. The number of rotatable bonds is 8. The van der Waals surface area contributed by atoms with Gasteiger partial charge < -0.3 is 10.1 Å². The van der Waals surface area contributed by atoms with Crippen molar-refractivity contribution in [2.75, 3.05) is 46.4 Å². The number of hydrogen-bond acceptors (Lipinski definition) is 4. The number of carbonyl (C=O) groups excluding carboxylic acids is 1. The SMILES string of the molecule is COc1ccc(C)cc1CN1CCN(CC(=O)NCCc2ccccc2)CC1. The fourth-order valence-electron chi connectivity index (χ4n) is 3.63. The minimum atomic E-state index is 0.115. The smallest absolute Gasteiger partial charge is 0.234 e. The summed E-state index contributed by atoms with van der Waals surface area (Å²) in [7, 11) is 1.72. The molecule has 0 aliphatic carbocycles. The summed E-state index contributed by atoms with van der Waals surface area (Å²) < 4.78 is 5.50. The molecule has 0 bridgehead atoms. The molecule has 0 spiro atoms. The van der Waals surface area contributed by atoms with Crippen LogP contribution in [0.1, 0.15) is 16.7 Å². The molecule has 0 atom stereocenters. The van der Waals surface area contributed by atoms with Gasteiger partial charge in [0.15, 0.2) is 0 Å². The number of nitrogens with one attached hydrogen (secondary N) is 1. The Labute approximate surface area is 168 Å². The number of hydrogen-bond donors (Lipinski definition) is 1. The summed E-state index contributed by atoms with van der Waals surface area (Å²) in [5, 5.41) is 3.04. The van der Waals surface area contributed by atoms with Gasteiger partial charge in [-0.25, -0.2) is 0 Å². The van der Waals surface area contributed by atoms with Gasteiger partial charge in [-0.3, -0.25) is 14.6 Å². The summed E-state index contributed by atoms with van der Waals surface area (Å²) >= 11 is 0. The third kappa shape index (κ3) is 6.08. The van der Waals surface area contributed by atoms with E-state index >= 15 is 0 Å². The molecule has 1 amide bonds. The van der Waals surface area contributed by atoms with Gasteiger partial charge in [0.25, 0.3) is 0 Å². The molecule has 1 heterocycles. The number of nitrogens with zero attached hydrogens (tertiary/aromatic N) is 2. The van der Waals surface area contributed by atoms with Crippen LogP contribution in [-0.2, 0) is 17.8 Å². The highest BCUT2D eigenvalue weighted by molar-refractivity contribution is 5.78. The Bertz CT molecular complexity index is 756. The van der Waals surface area contributed by atoms with E-state index in [9.17, 15) is 4.79 Å². The molecular formula is C23H31N3O2. The van der Waals surface area contributed by atoms with Crippen LogP contribution in [0.4, 0.5) is 0 Å². The molecule has 1 saturated heterocycles. The van der Waals surface area contributed by atoms with Gasteiger partial charge in [-0.15, -0.1) is 0 Å². The number of carbonyl (C=O) groups is 1. The molecule has 2 aromatic carbocycles. The van der Waals surface area contributed by atoms with Crippen molar-refractivity contribution in [2.24, 2.45) is 0 Å². The van der Waals surface area contributed by atoms with E-state index in [0.29, 0.717) is 13.1 Å². The van der Waals surface area contributed by atoms with Crippen LogP contribution >= 0.6 is 0 Å². The predicted octanol–water partition coefficient (Wildman–Crippen LogP) is 2.48. The van der Waals surface area contributed by atoms with E-state index in [1.165, 1.54) is 16.7 Å². The first kappa shape index (κ1) is 20.4. The largest absolute Gasteiger partial charge is 0.496 e. The third-order valence-corrected chi connectivity index (χ3v) is 5.24. The topological polar surface area (TPSA) is 44.8 Å². The normalized spacial score (nSPS) is 15.4. The number of piperazine rings is 1. The summed E-state index contributed by atoms with van der Waals surface area (Å²) in [4.78, 5) is 16.9. The molecule has 5 nitrogen and oxygen atoms in total. The zero-order valence-electron chi connectivity index (χ0n) is 17.0. The first-order valence-electron chi connectivity index (χ1n) is 10.0. The van der Waals surface area contributed by atoms with Gasteiger partial charge >= 0.3 is 0 Å². The molecule has 1 aliphatic rings. The van der Waals surface area contributed by atoms with E-state index in [1.54, 1.807) is 7.11 Å². The van der Waals surface area contributed by atoms with Crippen LogP contribution in [0.25, 0.3) is 0 Å².